The first kappa shape index (κ1) is 8.91. The summed E-state index contributed by atoms with van der Waals surface area (Å²) in [7, 11) is 0. The third-order valence-electron chi connectivity index (χ3n) is 1.95. The van der Waals surface area contributed by atoms with Gasteiger partial charge in [-0.15, -0.1) is 5.75 Å². The second-order valence-electron chi connectivity index (χ2n) is 2.67. The third kappa shape index (κ3) is 1.91. The Kier molecular flexibility index (Phi) is 2.97. The van der Waals surface area contributed by atoms with Gasteiger partial charge < -0.3 is 10.0 Å². The normalized spacial score (nSPS) is 9.83. The number of benzene rings is 1. The van der Waals surface area contributed by atoms with E-state index < -0.39 is 0 Å². The molecule has 0 heterocycles. The fourth-order valence-corrected chi connectivity index (χ4v) is 1.27. The zero-order valence-electron chi connectivity index (χ0n) is 7.58. The second-order valence-corrected chi connectivity index (χ2v) is 2.67. The molecule has 2 heteroatoms. The summed E-state index contributed by atoms with van der Waals surface area (Å²) in [6, 6.07) is 7.02. The summed E-state index contributed by atoms with van der Waals surface area (Å²) in [5.41, 5.74) is 1.02. The van der Waals surface area contributed by atoms with E-state index in [0.717, 1.165) is 18.8 Å². The summed E-state index contributed by atoms with van der Waals surface area (Å²) < 4.78 is 0. The Hall–Kier alpha value is -1.18. The first-order chi connectivity index (χ1) is 5.77. The first-order valence-electron chi connectivity index (χ1n) is 4.30. The lowest BCUT2D eigenvalue weighted by atomic mass is 10.2. The van der Waals surface area contributed by atoms with Crippen molar-refractivity contribution in [1.82, 2.24) is 0 Å². The molecule has 0 bridgehead atoms. The van der Waals surface area contributed by atoms with Crippen LogP contribution in [-0.2, 0) is 0 Å². The number of nitrogens with zero attached hydrogens (tertiary/aromatic N) is 1. The lowest BCUT2D eigenvalue weighted by Crippen LogP contribution is -2.21. The Morgan fingerprint density at radius 2 is 1.92 bits per heavy atom. The minimum absolute atomic E-state index is 0.0828. The van der Waals surface area contributed by atoms with E-state index in [1.54, 1.807) is 18.2 Å². The molecule has 0 saturated carbocycles. The molecule has 0 unspecified atom stereocenters. The van der Waals surface area contributed by atoms with Gasteiger partial charge in [0.05, 0.1) is 0 Å². The molecule has 0 aliphatic carbocycles. The topological polar surface area (TPSA) is 26.3 Å². The lowest BCUT2D eigenvalue weighted by Gasteiger charge is -2.22. The summed E-state index contributed by atoms with van der Waals surface area (Å²) >= 11 is 0. The molecule has 0 aliphatic rings. The smallest absolute Gasteiger partial charge is 0.0359 e. The van der Waals surface area contributed by atoms with Crippen molar-refractivity contribution in [2.45, 2.75) is 13.8 Å². The molecule has 0 fully saturated rings. The molecule has 1 rings (SSSR count). The highest BCUT2D eigenvalue weighted by atomic mass is 16.3. The zero-order chi connectivity index (χ0) is 8.97. The maximum absolute atomic E-state index is 11.0. The molecular weight excluding hydrogens is 150 g/mol. The Bertz CT molecular complexity index is 243. The molecule has 0 radical (unpaired) electrons. The van der Waals surface area contributed by atoms with E-state index in [1.165, 1.54) is 0 Å². The van der Waals surface area contributed by atoms with Gasteiger partial charge in [0.25, 0.3) is 0 Å². The largest absolute Gasteiger partial charge is 0.872 e. The molecule has 1 aromatic rings. The third-order valence-corrected chi connectivity index (χ3v) is 1.95. The van der Waals surface area contributed by atoms with Crippen LogP contribution in [0.5, 0.6) is 5.75 Å². The van der Waals surface area contributed by atoms with Crippen molar-refractivity contribution in [3.05, 3.63) is 24.3 Å². The summed E-state index contributed by atoms with van der Waals surface area (Å²) in [5, 5.41) is 11.0. The Labute approximate surface area is 73.4 Å². The number of anilines is 1. The van der Waals surface area contributed by atoms with Crippen molar-refractivity contribution in [2.24, 2.45) is 0 Å². The standard InChI is InChI=1S/C10H15NO/c1-3-11(4-2)9-6-5-7-10(12)8-9/h5-8,12H,3-4H2,1-2H3/p-1. The van der Waals surface area contributed by atoms with Gasteiger partial charge in [0.15, 0.2) is 0 Å². The molecule has 0 aromatic heterocycles. The Morgan fingerprint density at radius 3 is 2.42 bits per heavy atom. The van der Waals surface area contributed by atoms with Crippen molar-refractivity contribution in [1.29, 1.82) is 0 Å². The van der Waals surface area contributed by atoms with Crippen LogP contribution in [-0.4, -0.2) is 13.1 Å². The van der Waals surface area contributed by atoms with Gasteiger partial charge in [0.2, 0.25) is 0 Å². The average molecular weight is 164 g/mol. The van der Waals surface area contributed by atoms with Crippen molar-refractivity contribution < 1.29 is 5.11 Å². The first-order valence-corrected chi connectivity index (χ1v) is 4.30. The summed E-state index contributed by atoms with van der Waals surface area (Å²) in [4.78, 5) is 2.15. The van der Waals surface area contributed by atoms with Crippen LogP contribution in [0.1, 0.15) is 13.8 Å². The predicted octanol–water partition coefficient (Wildman–Crippen LogP) is 1.61. The molecule has 2 nitrogen and oxygen atoms in total. The number of hydrogen-bond donors (Lipinski definition) is 0. The molecule has 12 heavy (non-hydrogen) atoms. The fraction of sp³-hybridized carbons (Fsp3) is 0.400. The van der Waals surface area contributed by atoms with Crippen molar-refractivity contribution in [3.63, 3.8) is 0 Å². The molecule has 1 aromatic carbocycles. The summed E-state index contributed by atoms with van der Waals surface area (Å²) in [6.07, 6.45) is 0. The van der Waals surface area contributed by atoms with Crippen LogP contribution in [0.25, 0.3) is 0 Å². The number of hydrogen-bond acceptors (Lipinski definition) is 2. The summed E-state index contributed by atoms with van der Waals surface area (Å²) in [6.45, 7) is 6.06. The van der Waals surface area contributed by atoms with Crippen molar-refractivity contribution in [2.75, 3.05) is 18.0 Å². The van der Waals surface area contributed by atoms with Crippen LogP contribution in [0.4, 0.5) is 5.69 Å². The number of rotatable bonds is 3. The Balaban J connectivity index is 2.85. The molecule has 0 amide bonds. The van der Waals surface area contributed by atoms with E-state index >= 15 is 0 Å². The van der Waals surface area contributed by atoms with Gasteiger partial charge >= 0.3 is 0 Å². The average Bonchev–Trinajstić information content (AvgIpc) is 2.07. The van der Waals surface area contributed by atoms with Crippen LogP contribution in [0, 0.1) is 0 Å². The minimum atomic E-state index is 0.0828. The molecule has 0 aliphatic heterocycles. The zero-order valence-corrected chi connectivity index (χ0v) is 7.58. The molecular formula is C10H14NO-. The van der Waals surface area contributed by atoms with E-state index in [4.69, 9.17) is 0 Å². The fourth-order valence-electron chi connectivity index (χ4n) is 1.27. The van der Waals surface area contributed by atoms with E-state index in [0.29, 0.717) is 0 Å². The van der Waals surface area contributed by atoms with E-state index in [-0.39, 0.29) is 5.75 Å². The van der Waals surface area contributed by atoms with Gasteiger partial charge in [0.1, 0.15) is 0 Å². The second kappa shape index (κ2) is 4.00. The molecule has 0 N–H and O–H groups in total. The predicted molar refractivity (Wildman–Crippen MR) is 49.4 cm³/mol. The summed E-state index contributed by atoms with van der Waals surface area (Å²) in [5.74, 6) is 0.0828. The maximum Gasteiger partial charge on any atom is 0.0359 e. The highest BCUT2D eigenvalue weighted by Gasteiger charge is 1.98. The van der Waals surface area contributed by atoms with Gasteiger partial charge in [-0.25, -0.2) is 0 Å². The maximum atomic E-state index is 11.0. The van der Waals surface area contributed by atoms with Crippen LogP contribution < -0.4 is 10.0 Å². The molecule has 0 atom stereocenters. The lowest BCUT2D eigenvalue weighted by molar-refractivity contribution is -0.268. The molecule has 0 spiro atoms. The van der Waals surface area contributed by atoms with Crippen molar-refractivity contribution >= 4 is 5.69 Å². The van der Waals surface area contributed by atoms with E-state index in [2.05, 4.69) is 18.7 Å². The van der Waals surface area contributed by atoms with E-state index in [1.807, 2.05) is 6.07 Å². The minimum Gasteiger partial charge on any atom is -0.872 e. The highest BCUT2D eigenvalue weighted by Crippen LogP contribution is 2.17. The van der Waals surface area contributed by atoms with Crippen molar-refractivity contribution in [3.8, 4) is 5.75 Å². The Morgan fingerprint density at radius 1 is 1.25 bits per heavy atom. The van der Waals surface area contributed by atoms with Gasteiger partial charge in [-0.3, -0.25) is 0 Å². The highest BCUT2D eigenvalue weighted by molar-refractivity contribution is 5.49. The van der Waals surface area contributed by atoms with Crippen LogP contribution in [0.3, 0.4) is 0 Å². The quantitative estimate of drug-likeness (QED) is 0.678. The van der Waals surface area contributed by atoms with Crippen LogP contribution >= 0.6 is 0 Å². The molecule has 0 saturated heterocycles. The van der Waals surface area contributed by atoms with Gasteiger partial charge in [-0.1, -0.05) is 12.1 Å². The van der Waals surface area contributed by atoms with Crippen LogP contribution in [0.2, 0.25) is 0 Å². The monoisotopic (exact) mass is 164 g/mol. The SMILES string of the molecule is CCN(CC)c1cccc([O-])c1. The van der Waals surface area contributed by atoms with Gasteiger partial charge in [-0.05, 0) is 26.0 Å². The van der Waals surface area contributed by atoms with E-state index in [9.17, 15) is 5.11 Å². The van der Waals surface area contributed by atoms with Crippen LogP contribution in [0.15, 0.2) is 24.3 Å². The van der Waals surface area contributed by atoms with Gasteiger partial charge in [0, 0.05) is 18.8 Å². The van der Waals surface area contributed by atoms with Gasteiger partial charge in [-0.2, -0.15) is 0 Å². The molecule has 66 valence electrons.